The number of nitrogens with one attached hydrogen (secondary N) is 1. The molecule has 3 fully saturated rings. The van der Waals surface area contributed by atoms with Gasteiger partial charge in [0.25, 0.3) is 0 Å². The number of carbonyl (C=O) groups is 1. The van der Waals surface area contributed by atoms with E-state index in [1.807, 2.05) is 6.92 Å². The minimum atomic E-state index is 0.233. The van der Waals surface area contributed by atoms with E-state index in [4.69, 9.17) is 10.5 Å². The Bertz CT molecular complexity index is 354. The highest BCUT2D eigenvalue weighted by molar-refractivity contribution is 5.79. The Labute approximate surface area is 121 Å². The van der Waals surface area contributed by atoms with Crippen LogP contribution in [0.3, 0.4) is 0 Å². The predicted molar refractivity (Wildman–Crippen MR) is 78.1 cm³/mol. The van der Waals surface area contributed by atoms with Crippen LogP contribution in [0.5, 0.6) is 0 Å². The van der Waals surface area contributed by atoms with Crippen molar-refractivity contribution in [2.24, 2.45) is 29.4 Å². The smallest absolute Gasteiger partial charge is 0.223 e. The second kappa shape index (κ2) is 6.02. The van der Waals surface area contributed by atoms with Crippen LogP contribution in [-0.2, 0) is 9.53 Å². The summed E-state index contributed by atoms with van der Waals surface area (Å²) in [4.78, 5) is 12.1. The maximum Gasteiger partial charge on any atom is 0.223 e. The summed E-state index contributed by atoms with van der Waals surface area (Å²) in [6.07, 6.45) is 7.16. The van der Waals surface area contributed by atoms with E-state index in [0.717, 1.165) is 50.7 Å². The van der Waals surface area contributed by atoms with E-state index in [1.54, 1.807) is 0 Å². The summed E-state index contributed by atoms with van der Waals surface area (Å²) >= 11 is 0. The molecule has 3 aliphatic carbocycles. The topological polar surface area (TPSA) is 64.3 Å². The van der Waals surface area contributed by atoms with Crippen molar-refractivity contribution in [1.82, 2.24) is 5.32 Å². The third-order valence-electron chi connectivity index (χ3n) is 5.69. The van der Waals surface area contributed by atoms with Gasteiger partial charge in [0.2, 0.25) is 5.91 Å². The maximum absolute atomic E-state index is 12.1. The molecule has 1 unspecified atom stereocenters. The van der Waals surface area contributed by atoms with Crippen molar-refractivity contribution in [3.63, 3.8) is 0 Å². The van der Waals surface area contributed by atoms with Crippen molar-refractivity contribution in [1.29, 1.82) is 0 Å². The molecule has 0 radical (unpaired) electrons. The van der Waals surface area contributed by atoms with Crippen LogP contribution >= 0.6 is 0 Å². The van der Waals surface area contributed by atoms with Crippen LogP contribution in [0, 0.1) is 23.7 Å². The van der Waals surface area contributed by atoms with E-state index in [0.29, 0.717) is 18.1 Å². The van der Waals surface area contributed by atoms with E-state index in [9.17, 15) is 4.79 Å². The molecule has 3 rings (SSSR count). The van der Waals surface area contributed by atoms with Crippen molar-refractivity contribution >= 4 is 5.91 Å². The molecule has 1 amide bonds. The molecule has 0 aromatic rings. The first-order valence-electron chi connectivity index (χ1n) is 8.32. The Kier molecular flexibility index (Phi) is 4.32. The first-order chi connectivity index (χ1) is 9.67. The summed E-state index contributed by atoms with van der Waals surface area (Å²) in [5.74, 6) is 2.62. The molecular weight excluding hydrogens is 252 g/mol. The van der Waals surface area contributed by atoms with Crippen LogP contribution in [-0.4, -0.2) is 31.2 Å². The molecule has 4 heteroatoms. The SMILES string of the molecule is CCOC1CC(CCNC(=O)C2C[C@@H]3C[C@H](N)[C@@H]3C2)C1. The Morgan fingerprint density at radius 2 is 2.05 bits per heavy atom. The van der Waals surface area contributed by atoms with Gasteiger partial charge in [-0.25, -0.2) is 0 Å². The lowest BCUT2D eigenvalue weighted by Gasteiger charge is -2.37. The molecule has 3 N–H and O–H groups in total. The number of hydrogen-bond donors (Lipinski definition) is 2. The lowest BCUT2D eigenvalue weighted by molar-refractivity contribution is -0.125. The van der Waals surface area contributed by atoms with Gasteiger partial charge in [-0.2, -0.15) is 0 Å². The largest absolute Gasteiger partial charge is 0.378 e. The second-order valence-electron chi connectivity index (χ2n) is 6.99. The molecule has 0 aromatic heterocycles. The third-order valence-corrected chi connectivity index (χ3v) is 5.69. The molecule has 20 heavy (non-hydrogen) atoms. The van der Waals surface area contributed by atoms with Crippen LogP contribution in [0.2, 0.25) is 0 Å². The molecule has 3 saturated carbocycles. The summed E-state index contributed by atoms with van der Waals surface area (Å²) in [6, 6.07) is 0.364. The minimum Gasteiger partial charge on any atom is -0.378 e. The van der Waals surface area contributed by atoms with Crippen LogP contribution in [0.25, 0.3) is 0 Å². The Morgan fingerprint density at radius 1 is 1.25 bits per heavy atom. The van der Waals surface area contributed by atoms with E-state index < -0.39 is 0 Å². The molecule has 0 spiro atoms. The van der Waals surface area contributed by atoms with Crippen LogP contribution in [0.4, 0.5) is 0 Å². The van der Waals surface area contributed by atoms with Gasteiger partial charge in [0, 0.05) is 25.1 Å². The quantitative estimate of drug-likeness (QED) is 0.778. The first-order valence-corrected chi connectivity index (χ1v) is 8.32. The number of ether oxygens (including phenoxy) is 1. The van der Waals surface area contributed by atoms with Gasteiger partial charge in [-0.15, -0.1) is 0 Å². The predicted octanol–water partition coefficient (Wildman–Crippen LogP) is 1.68. The highest BCUT2D eigenvalue weighted by Crippen LogP contribution is 2.48. The van der Waals surface area contributed by atoms with Crippen LogP contribution < -0.4 is 11.1 Å². The molecule has 3 aliphatic rings. The lowest BCUT2D eigenvalue weighted by atomic mass is 9.72. The van der Waals surface area contributed by atoms with Crippen LogP contribution in [0.15, 0.2) is 0 Å². The summed E-state index contributed by atoms with van der Waals surface area (Å²) in [5.41, 5.74) is 5.99. The second-order valence-corrected chi connectivity index (χ2v) is 6.99. The third kappa shape index (κ3) is 2.86. The lowest BCUT2D eigenvalue weighted by Crippen LogP contribution is -2.44. The molecule has 0 heterocycles. The fourth-order valence-corrected chi connectivity index (χ4v) is 4.32. The maximum atomic E-state index is 12.1. The van der Waals surface area contributed by atoms with E-state index in [2.05, 4.69) is 5.32 Å². The van der Waals surface area contributed by atoms with Gasteiger partial charge in [0.1, 0.15) is 0 Å². The molecule has 0 saturated heterocycles. The summed E-state index contributed by atoms with van der Waals surface area (Å²) in [7, 11) is 0. The van der Waals surface area contributed by atoms with Gasteiger partial charge < -0.3 is 15.8 Å². The summed E-state index contributed by atoms with van der Waals surface area (Å²) < 4.78 is 5.56. The summed E-state index contributed by atoms with van der Waals surface area (Å²) in [6.45, 7) is 3.70. The zero-order valence-corrected chi connectivity index (χ0v) is 12.5. The van der Waals surface area contributed by atoms with Crippen molar-refractivity contribution in [2.75, 3.05) is 13.2 Å². The monoisotopic (exact) mass is 280 g/mol. The zero-order valence-electron chi connectivity index (χ0n) is 12.5. The number of rotatable bonds is 6. The number of amides is 1. The van der Waals surface area contributed by atoms with E-state index in [-0.39, 0.29) is 11.8 Å². The Balaban J connectivity index is 1.29. The standard InChI is InChI=1S/C16H28N2O2/c1-2-20-13-5-10(6-13)3-4-18-16(19)12-7-11-9-15(17)14(11)8-12/h10-15H,2-9,17H2,1H3,(H,18,19)/t10?,11-,12?,13?,14-,15+/m1/s1. The van der Waals surface area contributed by atoms with Gasteiger partial charge in [-0.1, -0.05) is 0 Å². The van der Waals surface area contributed by atoms with Crippen molar-refractivity contribution in [2.45, 2.75) is 57.6 Å². The molecule has 0 bridgehead atoms. The van der Waals surface area contributed by atoms with Gasteiger partial charge >= 0.3 is 0 Å². The molecule has 0 aliphatic heterocycles. The minimum absolute atomic E-state index is 0.233. The zero-order chi connectivity index (χ0) is 14.1. The van der Waals surface area contributed by atoms with Crippen molar-refractivity contribution < 1.29 is 9.53 Å². The van der Waals surface area contributed by atoms with Crippen molar-refractivity contribution in [3.05, 3.63) is 0 Å². The average Bonchev–Trinajstić information content (AvgIpc) is 2.73. The van der Waals surface area contributed by atoms with E-state index in [1.165, 1.54) is 12.8 Å². The van der Waals surface area contributed by atoms with Crippen LogP contribution in [0.1, 0.15) is 45.4 Å². The van der Waals surface area contributed by atoms with Gasteiger partial charge in [-0.05, 0) is 63.2 Å². The normalized spacial score (nSPS) is 42.5. The number of nitrogens with two attached hydrogens (primary N) is 1. The number of hydrogen-bond acceptors (Lipinski definition) is 3. The highest BCUT2D eigenvalue weighted by Gasteiger charge is 2.47. The molecule has 4 atom stereocenters. The Morgan fingerprint density at radius 3 is 2.70 bits per heavy atom. The fourth-order valence-electron chi connectivity index (χ4n) is 4.32. The van der Waals surface area contributed by atoms with Crippen molar-refractivity contribution in [3.8, 4) is 0 Å². The fraction of sp³-hybridized carbons (Fsp3) is 0.938. The van der Waals surface area contributed by atoms with E-state index >= 15 is 0 Å². The summed E-state index contributed by atoms with van der Waals surface area (Å²) in [5, 5.41) is 3.13. The molecule has 114 valence electrons. The molecule has 0 aromatic carbocycles. The molecule has 4 nitrogen and oxygen atoms in total. The number of fused-ring (bicyclic) bond motifs is 1. The average molecular weight is 280 g/mol. The highest BCUT2D eigenvalue weighted by atomic mass is 16.5. The first kappa shape index (κ1) is 14.3. The van der Waals surface area contributed by atoms with Gasteiger partial charge in [0.05, 0.1) is 6.10 Å². The number of carbonyl (C=O) groups excluding carboxylic acids is 1. The van der Waals surface area contributed by atoms with Gasteiger partial charge in [-0.3, -0.25) is 4.79 Å². The molecular formula is C16H28N2O2. The van der Waals surface area contributed by atoms with Gasteiger partial charge in [0.15, 0.2) is 0 Å². The Hall–Kier alpha value is -0.610.